The molecule has 3 aromatic rings. The highest BCUT2D eigenvalue weighted by molar-refractivity contribution is 9.10. The number of halogens is 2. The molecule has 104 valence electrons. The number of nitrogens with zero attached hydrogens (tertiary/aromatic N) is 3. The lowest BCUT2D eigenvalue weighted by atomic mass is 10.1. The van der Waals surface area contributed by atoms with E-state index in [1.165, 1.54) is 6.07 Å². The van der Waals surface area contributed by atoms with Crippen LogP contribution in [0.1, 0.15) is 11.1 Å². The fraction of sp³-hybridized carbons (Fsp3) is 0.0667. The number of hydrogen-bond donors (Lipinski definition) is 1. The van der Waals surface area contributed by atoms with Crippen LogP contribution in [0.15, 0.2) is 40.9 Å². The maximum Gasteiger partial charge on any atom is 0.201 e. The molecule has 4 nitrogen and oxygen atoms in total. The summed E-state index contributed by atoms with van der Waals surface area (Å²) >= 11 is 3.17. The first-order chi connectivity index (χ1) is 10.1. The first kappa shape index (κ1) is 13.6. The summed E-state index contributed by atoms with van der Waals surface area (Å²) in [5.41, 5.74) is 8.78. The molecule has 0 saturated heterocycles. The summed E-state index contributed by atoms with van der Waals surface area (Å²) in [4.78, 5) is 4.17. The van der Waals surface area contributed by atoms with Gasteiger partial charge >= 0.3 is 0 Å². The Morgan fingerprint density at radius 2 is 2.00 bits per heavy atom. The molecule has 0 unspecified atom stereocenters. The maximum absolute atomic E-state index is 13.5. The highest BCUT2D eigenvalue weighted by atomic mass is 79.9. The number of hydrogen-bond acceptors (Lipinski definition) is 3. The van der Waals surface area contributed by atoms with Crippen molar-refractivity contribution in [3.05, 3.63) is 57.8 Å². The number of anilines is 1. The predicted octanol–water partition coefficient (Wildman–Crippen LogP) is 3.44. The number of nitrogens with two attached hydrogens (primary N) is 1. The van der Waals surface area contributed by atoms with Crippen LogP contribution in [-0.4, -0.2) is 9.55 Å². The molecule has 0 aliphatic rings. The Kier molecular flexibility index (Phi) is 3.35. The van der Waals surface area contributed by atoms with Crippen LogP contribution in [0.3, 0.4) is 0 Å². The van der Waals surface area contributed by atoms with Crippen molar-refractivity contribution in [3.8, 4) is 6.07 Å². The van der Waals surface area contributed by atoms with Crippen molar-refractivity contribution in [1.29, 1.82) is 5.26 Å². The molecule has 6 heteroatoms. The van der Waals surface area contributed by atoms with Crippen LogP contribution in [0.4, 0.5) is 10.3 Å². The minimum atomic E-state index is -0.370. The van der Waals surface area contributed by atoms with Gasteiger partial charge in [0.05, 0.1) is 33.7 Å². The van der Waals surface area contributed by atoms with E-state index in [2.05, 4.69) is 27.0 Å². The molecular weight excluding hydrogens is 335 g/mol. The highest BCUT2D eigenvalue weighted by Crippen LogP contribution is 2.25. The van der Waals surface area contributed by atoms with Gasteiger partial charge in [0, 0.05) is 6.07 Å². The lowest BCUT2D eigenvalue weighted by molar-refractivity contribution is 0.622. The Morgan fingerprint density at radius 3 is 2.67 bits per heavy atom. The quantitative estimate of drug-likeness (QED) is 0.774. The van der Waals surface area contributed by atoms with Crippen molar-refractivity contribution in [2.75, 3.05) is 5.73 Å². The van der Waals surface area contributed by atoms with Gasteiger partial charge in [-0.25, -0.2) is 9.37 Å². The van der Waals surface area contributed by atoms with Gasteiger partial charge in [-0.3, -0.25) is 0 Å². The van der Waals surface area contributed by atoms with Crippen LogP contribution in [0.2, 0.25) is 0 Å². The van der Waals surface area contributed by atoms with Gasteiger partial charge < -0.3 is 10.3 Å². The van der Waals surface area contributed by atoms with Crippen LogP contribution in [-0.2, 0) is 6.54 Å². The van der Waals surface area contributed by atoms with Gasteiger partial charge in [0.2, 0.25) is 5.95 Å². The van der Waals surface area contributed by atoms with Crippen molar-refractivity contribution in [2.24, 2.45) is 0 Å². The zero-order valence-electron chi connectivity index (χ0n) is 10.8. The molecule has 3 rings (SSSR count). The second-order valence-corrected chi connectivity index (χ2v) is 5.47. The van der Waals surface area contributed by atoms with Gasteiger partial charge in [-0.1, -0.05) is 12.1 Å². The van der Waals surface area contributed by atoms with Crippen LogP contribution >= 0.6 is 15.9 Å². The summed E-state index contributed by atoms with van der Waals surface area (Å²) in [6, 6.07) is 12.3. The predicted molar refractivity (Wildman–Crippen MR) is 82.1 cm³/mol. The number of nitrogen functional groups attached to an aromatic ring is 1. The van der Waals surface area contributed by atoms with Crippen LogP contribution in [0.25, 0.3) is 11.0 Å². The van der Waals surface area contributed by atoms with Crippen LogP contribution in [0, 0.1) is 17.1 Å². The van der Waals surface area contributed by atoms with Gasteiger partial charge in [0.25, 0.3) is 0 Å². The Labute approximate surface area is 128 Å². The van der Waals surface area contributed by atoms with Crippen molar-refractivity contribution in [3.63, 3.8) is 0 Å². The van der Waals surface area contributed by atoms with Crippen molar-refractivity contribution >= 4 is 32.9 Å². The van der Waals surface area contributed by atoms with Gasteiger partial charge in [-0.05, 0) is 39.7 Å². The van der Waals surface area contributed by atoms with E-state index in [-0.39, 0.29) is 5.82 Å². The van der Waals surface area contributed by atoms with E-state index in [1.807, 2.05) is 12.1 Å². The number of fused-ring (bicyclic) bond motifs is 1. The first-order valence-corrected chi connectivity index (χ1v) is 6.97. The van der Waals surface area contributed by atoms with E-state index < -0.39 is 0 Å². The van der Waals surface area contributed by atoms with Crippen LogP contribution in [0.5, 0.6) is 0 Å². The fourth-order valence-corrected chi connectivity index (χ4v) is 2.50. The summed E-state index contributed by atoms with van der Waals surface area (Å²) in [5, 5.41) is 8.80. The number of rotatable bonds is 2. The number of nitriles is 1. The molecule has 0 saturated carbocycles. The van der Waals surface area contributed by atoms with E-state index in [0.717, 1.165) is 11.1 Å². The topological polar surface area (TPSA) is 67.6 Å². The standard InChI is InChI=1S/C15H10BrFN4/c16-11-5-14-13(6-12(11)17)20-15(19)21(14)8-10-3-1-9(7-18)2-4-10/h1-6H,8H2,(H2,19,20). The number of benzene rings is 2. The lowest BCUT2D eigenvalue weighted by Gasteiger charge is -2.07. The summed E-state index contributed by atoms with van der Waals surface area (Å²) in [6.45, 7) is 0.506. The number of imidazole rings is 1. The van der Waals surface area contributed by atoms with Crippen molar-refractivity contribution in [1.82, 2.24) is 9.55 Å². The van der Waals surface area contributed by atoms with Gasteiger partial charge in [-0.15, -0.1) is 0 Å². The van der Waals surface area contributed by atoms with E-state index in [1.54, 1.807) is 22.8 Å². The van der Waals surface area contributed by atoms with Crippen LogP contribution < -0.4 is 5.73 Å². The summed E-state index contributed by atoms with van der Waals surface area (Å²) < 4.78 is 15.7. The molecule has 21 heavy (non-hydrogen) atoms. The molecule has 2 N–H and O–H groups in total. The molecule has 0 fully saturated rings. The monoisotopic (exact) mass is 344 g/mol. The summed E-state index contributed by atoms with van der Waals surface area (Å²) in [5.74, 6) is -0.0441. The molecule has 1 heterocycles. The Balaban J connectivity index is 2.05. The minimum Gasteiger partial charge on any atom is -0.369 e. The Hall–Kier alpha value is -2.39. The molecule has 0 radical (unpaired) electrons. The molecule has 0 bridgehead atoms. The fourth-order valence-electron chi connectivity index (χ4n) is 2.17. The Bertz CT molecular complexity index is 862. The average Bonchev–Trinajstić information content (AvgIpc) is 2.76. The normalized spacial score (nSPS) is 10.7. The summed E-state index contributed by atoms with van der Waals surface area (Å²) in [6.07, 6.45) is 0. The van der Waals surface area contributed by atoms with E-state index in [0.29, 0.717) is 28.0 Å². The second kappa shape index (κ2) is 5.19. The molecule has 0 spiro atoms. The molecule has 0 atom stereocenters. The van der Waals surface area contributed by atoms with E-state index in [9.17, 15) is 4.39 Å². The highest BCUT2D eigenvalue weighted by Gasteiger charge is 2.12. The van der Waals surface area contributed by atoms with Gasteiger partial charge in [0.15, 0.2) is 0 Å². The van der Waals surface area contributed by atoms with E-state index >= 15 is 0 Å². The zero-order valence-corrected chi connectivity index (χ0v) is 12.4. The van der Waals surface area contributed by atoms with Gasteiger partial charge in [0.1, 0.15) is 5.82 Å². The Morgan fingerprint density at radius 1 is 1.29 bits per heavy atom. The number of aromatic nitrogens is 2. The largest absolute Gasteiger partial charge is 0.369 e. The third-order valence-electron chi connectivity index (χ3n) is 3.24. The van der Waals surface area contributed by atoms with Gasteiger partial charge in [-0.2, -0.15) is 5.26 Å². The molecular formula is C15H10BrFN4. The zero-order chi connectivity index (χ0) is 15.0. The third kappa shape index (κ3) is 2.48. The minimum absolute atomic E-state index is 0.326. The third-order valence-corrected chi connectivity index (χ3v) is 3.85. The second-order valence-electron chi connectivity index (χ2n) is 4.62. The van der Waals surface area contributed by atoms with E-state index in [4.69, 9.17) is 11.0 Å². The molecule has 2 aromatic carbocycles. The average molecular weight is 345 g/mol. The smallest absolute Gasteiger partial charge is 0.201 e. The SMILES string of the molecule is N#Cc1ccc(Cn2c(N)nc3cc(F)c(Br)cc32)cc1. The molecule has 1 aromatic heterocycles. The van der Waals surface area contributed by atoms with Crippen molar-refractivity contribution in [2.45, 2.75) is 6.54 Å². The first-order valence-electron chi connectivity index (χ1n) is 6.18. The lowest BCUT2D eigenvalue weighted by Crippen LogP contribution is -2.04. The maximum atomic E-state index is 13.5. The molecule has 0 aliphatic heterocycles. The molecule has 0 aliphatic carbocycles. The van der Waals surface area contributed by atoms with Crippen molar-refractivity contribution < 1.29 is 4.39 Å². The molecule has 0 amide bonds. The summed E-state index contributed by atoms with van der Waals surface area (Å²) in [7, 11) is 0.